The van der Waals surface area contributed by atoms with Gasteiger partial charge in [-0.3, -0.25) is 10.6 Å². The number of anilines is 5. The third-order valence-corrected chi connectivity index (χ3v) is 8.46. The molecule has 5 aromatic heterocycles. The van der Waals surface area contributed by atoms with Crippen molar-refractivity contribution < 1.29 is 76.2 Å². The van der Waals surface area contributed by atoms with Crippen LogP contribution in [-0.2, 0) is 23.7 Å². The summed E-state index contributed by atoms with van der Waals surface area (Å²) in [5, 5.41) is 39.5. The van der Waals surface area contributed by atoms with E-state index < -0.39 is 61.0 Å². The molecule has 28 nitrogen and oxygen atoms in total. The van der Waals surface area contributed by atoms with Crippen LogP contribution in [0.3, 0.4) is 0 Å². The molecule has 1 saturated heterocycles. The minimum absolute atomic E-state index is 0.0312. The summed E-state index contributed by atoms with van der Waals surface area (Å²) in [6, 6.07) is 0. The summed E-state index contributed by atoms with van der Waals surface area (Å²) in [7, 11) is -3.16. The normalized spacial score (nSPS) is 11.3. The number of nitrogens with zero attached hydrogens (tertiary/aromatic N) is 11. The van der Waals surface area contributed by atoms with Crippen molar-refractivity contribution in [3.8, 4) is 0 Å². The van der Waals surface area contributed by atoms with E-state index >= 15 is 0 Å². The number of aromatic nitrogens is 10. The third kappa shape index (κ3) is 43.5. The number of nitrogens with two attached hydrogens (primary N) is 2. The zero-order chi connectivity index (χ0) is 63.4. The Hall–Kier alpha value is -4.16. The first-order valence-corrected chi connectivity index (χ1v) is 38.9. The van der Waals surface area contributed by atoms with Crippen molar-refractivity contribution in [1.82, 2.24) is 49.8 Å². The molecule has 82 heavy (non-hydrogen) atoms. The molecule has 0 unspecified atom stereocenters. The summed E-state index contributed by atoms with van der Waals surface area (Å²) < 4.78 is 27.6. The molecule has 6 heterocycles. The zero-order valence-electron chi connectivity index (χ0n) is 47.6. The molecule has 10 N–H and O–H groups in total. The van der Waals surface area contributed by atoms with Crippen molar-refractivity contribution in [2.24, 2.45) is 0 Å². The second kappa shape index (κ2) is 41.8. The molecule has 0 aromatic carbocycles. The van der Waals surface area contributed by atoms with Gasteiger partial charge in [0.25, 0.3) is 0 Å². The van der Waals surface area contributed by atoms with Crippen LogP contribution >= 0.6 is 85.0 Å². The number of nitrogens with one attached hydrogen (secondary N) is 2. The Kier molecular flexibility index (Phi) is 40.7. The second-order valence-electron chi connectivity index (χ2n) is 19.1. The first kappa shape index (κ1) is 79.9. The smallest absolute Gasteiger partial charge is 0.423 e. The van der Waals surface area contributed by atoms with Crippen LogP contribution in [0.4, 0.5) is 48.9 Å². The standard InChI is InChI=1S/C14H20BrN3O4.C9H14BN3O4.C9H12BrN3O2.C4H6BN3O2.C4H4BrN3.C4H8O.C2H6.I3/c1-13(2,3)21-11(19)18(12(20)22-14(4,5)6)10-16-7-9(15)8-17-10;1-9(2,3)17-8(14)13-7-11-4-6(5-12-7)10(15)16;1-9(2,3)15-8(14)13-7-11-4-6(10)5-12-7;6-4-7-1-3(2-8-4)5(9)10;5-3-1-7-4(6)8-2-3;1-2-4-5-3-1;1-2;1-3-2/h7-8H,1-6H3;4-5,15-16H,1-3H3,(H,11,12,13,14);4-5H,1-3H3,(H,11,12,13,14);1-2,9-10H,(H2,6,7,8);1-2H,(H2,6,7,8);1-4H2;1-2H3;/q;;;;;;;-1. The predicted octanol–water partition coefficient (Wildman–Crippen LogP) is 5.16. The molecule has 6 rings (SSSR count). The van der Waals surface area contributed by atoms with E-state index in [0.29, 0.717) is 28.6 Å². The fraction of sp³-hybridized carbons (Fsp3) is 0.478. The van der Waals surface area contributed by atoms with Crippen LogP contribution in [0.1, 0.15) is 110 Å². The van der Waals surface area contributed by atoms with Gasteiger partial charge in [0.15, 0.2) is 0 Å². The van der Waals surface area contributed by atoms with Crippen LogP contribution in [0, 0.1) is 0 Å². The molecule has 0 saturated carbocycles. The fourth-order valence-electron chi connectivity index (χ4n) is 4.29. The largest absolute Gasteiger partial charge is 0.491 e. The molecule has 0 aliphatic carbocycles. The number of rotatable bonds is 5. The van der Waals surface area contributed by atoms with Gasteiger partial charge in [-0.1, -0.05) is 13.8 Å². The maximum Gasteiger partial charge on any atom is 0.491 e. The number of amides is 4. The Morgan fingerprint density at radius 2 is 0.780 bits per heavy atom. The molecular weight excluding hydrogens is 1610 g/mol. The Balaban J connectivity index is 0. The van der Waals surface area contributed by atoms with Crippen molar-refractivity contribution in [3.63, 3.8) is 0 Å². The Morgan fingerprint density at radius 3 is 1.04 bits per heavy atom. The first-order chi connectivity index (χ1) is 37.9. The van der Waals surface area contributed by atoms with Crippen LogP contribution in [0.25, 0.3) is 0 Å². The van der Waals surface area contributed by atoms with Crippen LogP contribution < -0.4 is 51.2 Å². The summed E-state index contributed by atoms with van der Waals surface area (Å²) in [5.74, 6) is 0.542. The SMILES string of the molecule is C1CCOC1.CC.CC(C)(C)OC(=O)N(C(=O)OC(C)(C)C)c1ncc(Br)cn1.CC(C)(C)OC(=O)Nc1ncc(B(O)O)cn1.CC(C)(C)OC(=O)Nc1ncc(Br)cn1.I[I-]I.Nc1ncc(B(O)O)cn1.Nc1ncc(Br)cn1. The van der Waals surface area contributed by atoms with Crippen molar-refractivity contribution >= 4 is 164 Å². The molecule has 456 valence electrons. The molecule has 0 atom stereocenters. The minimum atomic E-state index is -1.63. The van der Waals surface area contributed by atoms with Crippen LogP contribution in [0.15, 0.2) is 75.4 Å². The third-order valence-electron chi connectivity index (χ3n) is 7.23. The van der Waals surface area contributed by atoms with Crippen molar-refractivity contribution in [2.75, 3.05) is 40.2 Å². The molecule has 1 fully saturated rings. The van der Waals surface area contributed by atoms with Gasteiger partial charge in [0.05, 0.1) is 13.4 Å². The van der Waals surface area contributed by atoms with Crippen LogP contribution in [0.2, 0.25) is 0 Å². The Labute approximate surface area is 533 Å². The van der Waals surface area contributed by atoms with Gasteiger partial charge in [-0.25, -0.2) is 69.0 Å². The number of ether oxygens (including phenoxy) is 5. The number of imide groups is 1. The van der Waals surface area contributed by atoms with E-state index in [1.54, 1.807) is 108 Å². The maximum atomic E-state index is 12.3. The molecule has 5 aromatic rings. The van der Waals surface area contributed by atoms with Gasteiger partial charge in [-0.15, -0.1) is 4.90 Å². The Bertz CT molecular complexity index is 2520. The average molecular weight is 1680 g/mol. The van der Waals surface area contributed by atoms with E-state index in [4.69, 9.17) is 55.2 Å². The van der Waals surface area contributed by atoms with Crippen molar-refractivity contribution in [2.45, 2.75) is 132 Å². The Morgan fingerprint density at radius 1 is 0.524 bits per heavy atom. The molecular formula is C46H70B2Br3I3N15O13-. The number of halogens is 6. The number of carbonyl (C=O) groups excluding carboxylic acids is 4. The van der Waals surface area contributed by atoms with Gasteiger partial charge >= 0.3 is 89.1 Å². The van der Waals surface area contributed by atoms with Gasteiger partial charge in [-0.2, -0.15) is 0 Å². The molecule has 0 bridgehead atoms. The van der Waals surface area contributed by atoms with E-state index in [2.05, 4.69) is 145 Å². The van der Waals surface area contributed by atoms with Gasteiger partial charge in [0.2, 0.25) is 29.7 Å². The second-order valence-corrected chi connectivity index (χ2v) is 38.1. The fourth-order valence-corrected chi connectivity index (χ4v) is 4.90. The molecule has 0 radical (unpaired) electrons. The number of carbonyl (C=O) groups is 4. The first-order valence-electron chi connectivity index (χ1n) is 23.9. The zero-order valence-corrected chi connectivity index (χ0v) is 58.8. The summed E-state index contributed by atoms with van der Waals surface area (Å²) >= 11 is 14.8. The monoisotopic (exact) mass is 1680 g/mol. The van der Waals surface area contributed by atoms with Crippen molar-refractivity contribution in [3.05, 3.63) is 75.4 Å². The maximum absolute atomic E-state index is 12.3. The number of hydrogen-bond donors (Lipinski definition) is 8. The van der Waals surface area contributed by atoms with E-state index in [9.17, 15) is 19.2 Å². The predicted molar refractivity (Wildman–Crippen MR) is 336 cm³/mol. The molecule has 36 heteroatoms. The van der Waals surface area contributed by atoms with Gasteiger partial charge in [0.1, 0.15) is 22.4 Å². The molecule has 4 amide bonds. The van der Waals surface area contributed by atoms with E-state index in [0.717, 1.165) is 22.2 Å². The van der Waals surface area contributed by atoms with Crippen LogP contribution in [-0.4, -0.2) is 144 Å². The summed E-state index contributed by atoms with van der Waals surface area (Å²) in [6.07, 6.45) is 13.6. The minimum Gasteiger partial charge on any atom is -0.423 e. The van der Waals surface area contributed by atoms with Gasteiger partial charge < -0.3 is 55.2 Å². The summed E-state index contributed by atoms with van der Waals surface area (Å²) in [5.41, 5.74) is 8.02. The number of nitrogen functional groups attached to an aromatic ring is 2. The molecule has 0 spiro atoms. The average Bonchev–Trinajstić information content (AvgIpc) is 3.95. The van der Waals surface area contributed by atoms with E-state index in [1.165, 1.54) is 50.0 Å². The molecule has 1 aliphatic heterocycles. The van der Waals surface area contributed by atoms with Crippen molar-refractivity contribution in [1.29, 1.82) is 0 Å². The topological polar surface area (TPSA) is 404 Å². The quantitative estimate of drug-likeness (QED) is 0.0639. The van der Waals surface area contributed by atoms with E-state index in [-0.39, 0.29) is 34.7 Å². The van der Waals surface area contributed by atoms with E-state index in [1.807, 2.05) is 13.8 Å². The number of hydrogen-bond acceptors (Lipinski definition) is 25. The summed E-state index contributed by atoms with van der Waals surface area (Å²) in [6.45, 7) is 26.7. The summed E-state index contributed by atoms with van der Waals surface area (Å²) in [4.78, 5) is 85.5. The van der Waals surface area contributed by atoms with Crippen LogP contribution in [0.5, 0.6) is 0 Å². The van der Waals surface area contributed by atoms with Gasteiger partial charge in [0, 0.05) is 86.1 Å². The molecule has 1 aliphatic rings. The van der Waals surface area contributed by atoms with Gasteiger partial charge in [-0.05, 0) is 144 Å².